The Morgan fingerprint density at radius 2 is 1.55 bits per heavy atom. The van der Waals surface area contributed by atoms with Gasteiger partial charge >= 0.3 is 0 Å². The van der Waals surface area contributed by atoms with E-state index in [1.165, 1.54) is 31.2 Å². The number of nitrogens with zero attached hydrogens (tertiary/aromatic N) is 1. The third kappa shape index (κ3) is 4.33. The maximum absolute atomic E-state index is 13.2. The standard InChI is InChI=1S/C19H29NO.ClH/c1-3-20(4-2)16-18(21)19(14-10-5-6-11-15-19)17-12-8-7-9-13-17;/h7-9,12-13H,3-6,10-11,14-16H2,1-2H3;1H. The first-order valence-electron chi connectivity index (χ1n) is 8.54. The van der Waals surface area contributed by atoms with Crippen LogP contribution in [-0.4, -0.2) is 30.3 Å². The van der Waals surface area contributed by atoms with Gasteiger partial charge in [0.15, 0.2) is 5.78 Å². The summed E-state index contributed by atoms with van der Waals surface area (Å²) in [5, 5.41) is 0. The lowest BCUT2D eigenvalue weighted by Gasteiger charge is -2.34. The van der Waals surface area contributed by atoms with Crippen LogP contribution in [0.5, 0.6) is 0 Å². The Morgan fingerprint density at radius 1 is 1.00 bits per heavy atom. The summed E-state index contributed by atoms with van der Waals surface area (Å²) in [7, 11) is 0. The van der Waals surface area contributed by atoms with Crippen molar-refractivity contribution in [3.8, 4) is 0 Å². The molecule has 0 heterocycles. The van der Waals surface area contributed by atoms with Crippen LogP contribution < -0.4 is 0 Å². The average Bonchev–Trinajstić information content (AvgIpc) is 2.80. The van der Waals surface area contributed by atoms with Gasteiger partial charge in [-0.05, 0) is 31.5 Å². The molecule has 2 rings (SSSR count). The number of carbonyl (C=O) groups is 1. The fourth-order valence-corrected chi connectivity index (χ4v) is 3.62. The number of ketones is 1. The third-order valence-corrected chi connectivity index (χ3v) is 5.08. The van der Waals surface area contributed by atoms with E-state index in [9.17, 15) is 4.79 Å². The highest BCUT2D eigenvalue weighted by Crippen LogP contribution is 2.39. The van der Waals surface area contributed by atoms with E-state index in [0.29, 0.717) is 12.3 Å². The van der Waals surface area contributed by atoms with Crippen LogP contribution in [-0.2, 0) is 10.2 Å². The van der Waals surface area contributed by atoms with Crippen molar-refractivity contribution in [1.82, 2.24) is 4.90 Å². The summed E-state index contributed by atoms with van der Waals surface area (Å²) >= 11 is 0. The van der Waals surface area contributed by atoms with Crippen LogP contribution in [0.15, 0.2) is 30.3 Å². The zero-order valence-corrected chi connectivity index (χ0v) is 14.8. The maximum atomic E-state index is 13.2. The van der Waals surface area contributed by atoms with Crippen molar-refractivity contribution in [2.75, 3.05) is 19.6 Å². The van der Waals surface area contributed by atoms with Gasteiger partial charge in [0.05, 0.1) is 12.0 Å². The molecule has 3 heteroatoms. The summed E-state index contributed by atoms with van der Waals surface area (Å²) in [5.74, 6) is 0.430. The second-order valence-electron chi connectivity index (χ2n) is 6.25. The third-order valence-electron chi connectivity index (χ3n) is 5.08. The molecule has 2 nitrogen and oxygen atoms in total. The lowest BCUT2D eigenvalue weighted by atomic mass is 9.71. The van der Waals surface area contributed by atoms with Crippen LogP contribution in [0.25, 0.3) is 0 Å². The van der Waals surface area contributed by atoms with E-state index in [2.05, 4.69) is 43.0 Å². The molecular weight excluding hydrogens is 294 g/mol. The molecule has 0 saturated heterocycles. The Balaban J connectivity index is 0.00000242. The monoisotopic (exact) mass is 323 g/mol. The predicted octanol–water partition coefficient (Wildman–Crippen LogP) is 4.61. The number of halogens is 1. The molecule has 0 aliphatic heterocycles. The van der Waals surface area contributed by atoms with Crippen molar-refractivity contribution in [3.05, 3.63) is 35.9 Å². The molecule has 0 unspecified atom stereocenters. The van der Waals surface area contributed by atoms with Gasteiger partial charge in [0.2, 0.25) is 0 Å². The highest BCUT2D eigenvalue weighted by atomic mass is 35.5. The maximum Gasteiger partial charge on any atom is 0.157 e. The molecule has 0 amide bonds. The van der Waals surface area contributed by atoms with Crippen LogP contribution in [0.4, 0.5) is 0 Å². The molecule has 0 spiro atoms. The lowest BCUT2D eigenvalue weighted by molar-refractivity contribution is -0.126. The first-order chi connectivity index (χ1) is 10.2. The second-order valence-corrected chi connectivity index (χ2v) is 6.25. The summed E-state index contributed by atoms with van der Waals surface area (Å²) in [6.45, 7) is 6.78. The van der Waals surface area contributed by atoms with E-state index in [-0.39, 0.29) is 17.8 Å². The number of Topliss-reactive ketones (excluding diaryl/α,β-unsaturated/α-hetero) is 1. The van der Waals surface area contributed by atoms with Crippen molar-refractivity contribution in [2.45, 2.75) is 57.8 Å². The van der Waals surface area contributed by atoms with Gasteiger partial charge in [-0.2, -0.15) is 0 Å². The van der Waals surface area contributed by atoms with Gasteiger partial charge in [0.1, 0.15) is 0 Å². The summed E-state index contributed by atoms with van der Waals surface area (Å²) in [6, 6.07) is 10.5. The van der Waals surface area contributed by atoms with Crippen LogP contribution in [0.1, 0.15) is 57.9 Å². The highest BCUT2D eigenvalue weighted by molar-refractivity contribution is 5.91. The molecule has 22 heavy (non-hydrogen) atoms. The summed E-state index contributed by atoms with van der Waals surface area (Å²) in [5.41, 5.74) is 1.00. The van der Waals surface area contributed by atoms with Gasteiger partial charge in [-0.25, -0.2) is 0 Å². The fourth-order valence-electron chi connectivity index (χ4n) is 3.62. The van der Waals surface area contributed by atoms with Crippen LogP contribution in [0.2, 0.25) is 0 Å². The molecule has 0 N–H and O–H groups in total. The molecule has 1 aromatic rings. The van der Waals surface area contributed by atoms with Crippen LogP contribution in [0.3, 0.4) is 0 Å². The van der Waals surface area contributed by atoms with Gasteiger partial charge in [0, 0.05) is 0 Å². The molecule has 1 saturated carbocycles. The Labute approximate surface area is 141 Å². The highest BCUT2D eigenvalue weighted by Gasteiger charge is 2.39. The van der Waals surface area contributed by atoms with Crippen molar-refractivity contribution >= 4 is 18.2 Å². The van der Waals surface area contributed by atoms with Crippen LogP contribution in [0, 0.1) is 0 Å². The van der Waals surface area contributed by atoms with Crippen molar-refractivity contribution in [2.24, 2.45) is 0 Å². The van der Waals surface area contributed by atoms with Gasteiger partial charge in [-0.1, -0.05) is 69.9 Å². The minimum absolute atomic E-state index is 0. The van der Waals surface area contributed by atoms with E-state index in [0.717, 1.165) is 25.9 Å². The van der Waals surface area contributed by atoms with E-state index < -0.39 is 0 Å². The number of hydrogen-bond donors (Lipinski definition) is 0. The number of benzene rings is 1. The molecular formula is C19H30ClNO. The van der Waals surface area contributed by atoms with Gasteiger partial charge in [0.25, 0.3) is 0 Å². The van der Waals surface area contributed by atoms with E-state index >= 15 is 0 Å². The van der Waals surface area contributed by atoms with E-state index in [1.807, 2.05) is 6.07 Å². The van der Waals surface area contributed by atoms with Gasteiger partial charge in [-0.3, -0.25) is 9.69 Å². The second kappa shape index (κ2) is 9.32. The molecule has 1 aliphatic carbocycles. The molecule has 0 aromatic heterocycles. The van der Waals surface area contributed by atoms with Gasteiger partial charge in [-0.15, -0.1) is 12.4 Å². The Morgan fingerprint density at radius 3 is 2.05 bits per heavy atom. The summed E-state index contributed by atoms with van der Waals surface area (Å²) < 4.78 is 0. The van der Waals surface area contributed by atoms with Gasteiger partial charge < -0.3 is 0 Å². The predicted molar refractivity (Wildman–Crippen MR) is 95.9 cm³/mol. The smallest absolute Gasteiger partial charge is 0.157 e. The lowest BCUT2D eigenvalue weighted by Crippen LogP contribution is -2.43. The SMILES string of the molecule is CCN(CC)CC(=O)C1(c2ccccc2)CCCCCC1.Cl. The van der Waals surface area contributed by atoms with Crippen LogP contribution >= 0.6 is 12.4 Å². The quantitative estimate of drug-likeness (QED) is 0.712. The minimum Gasteiger partial charge on any atom is -0.297 e. The first kappa shape index (κ1) is 19.2. The number of hydrogen-bond acceptors (Lipinski definition) is 2. The average molecular weight is 324 g/mol. The zero-order valence-electron chi connectivity index (χ0n) is 14.0. The molecule has 1 aliphatic rings. The molecule has 1 aromatic carbocycles. The normalized spacial score (nSPS) is 17.6. The van der Waals surface area contributed by atoms with E-state index in [1.54, 1.807) is 0 Å². The number of carbonyl (C=O) groups excluding carboxylic acids is 1. The minimum atomic E-state index is -0.236. The van der Waals surface area contributed by atoms with Crippen molar-refractivity contribution in [3.63, 3.8) is 0 Å². The largest absolute Gasteiger partial charge is 0.297 e. The molecule has 0 bridgehead atoms. The van der Waals surface area contributed by atoms with E-state index in [4.69, 9.17) is 0 Å². The summed E-state index contributed by atoms with van der Waals surface area (Å²) in [6.07, 6.45) is 6.95. The molecule has 0 radical (unpaired) electrons. The molecule has 1 fully saturated rings. The Hall–Kier alpha value is -0.860. The molecule has 124 valence electrons. The first-order valence-corrected chi connectivity index (χ1v) is 8.54. The number of rotatable bonds is 6. The molecule has 0 atom stereocenters. The topological polar surface area (TPSA) is 20.3 Å². The van der Waals surface area contributed by atoms with Crippen molar-refractivity contribution in [1.29, 1.82) is 0 Å². The Kier molecular flexibility index (Phi) is 8.13. The zero-order chi connectivity index (χ0) is 15.1. The summed E-state index contributed by atoms with van der Waals surface area (Å²) in [4.78, 5) is 15.4. The Bertz CT molecular complexity index is 434. The number of likely N-dealkylation sites (N-methyl/N-ethyl adjacent to an activating group) is 1. The fraction of sp³-hybridized carbons (Fsp3) is 0.632. The van der Waals surface area contributed by atoms with Crippen molar-refractivity contribution < 1.29 is 4.79 Å².